The third-order valence-corrected chi connectivity index (χ3v) is 14.2. The van der Waals surface area contributed by atoms with Crippen LogP contribution in [0.2, 0.25) is 5.04 Å². The number of carbonyl (C=O) groups excluding carboxylic acids is 1. The van der Waals surface area contributed by atoms with Gasteiger partial charge in [0.05, 0.1) is 7.11 Å². The van der Waals surface area contributed by atoms with Gasteiger partial charge in [0.25, 0.3) is 8.32 Å². The number of benzene rings is 2. The van der Waals surface area contributed by atoms with E-state index in [1.165, 1.54) is 17.5 Å². The van der Waals surface area contributed by atoms with Crippen LogP contribution < -0.4 is 10.4 Å². The fourth-order valence-corrected chi connectivity index (χ4v) is 10.8. The molecule has 2 aromatic carbocycles. The van der Waals surface area contributed by atoms with E-state index in [9.17, 15) is 4.79 Å². The van der Waals surface area contributed by atoms with Gasteiger partial charge in [-0.05, 0) is 50.9 Å². The smallest absolute Gasteiger partial charge is 0.330 e. The number of allylic oxidation sites excluding steroid dienone is 1. The highest BCUT2D eigenvalue weighted by molar-refractivity contribution is 6.99. The summed E-state index contributed by atoms with van der Waals surface area (Å²) in [5.41, 5.74) is 0.120. The van der Waals surface area contributed by atoms with Crippen LogP contribution in [-0.4, -0.2) is 28.0 Å². The summed E-state index contributed by atoms with van der Waals surface area (Å²) in [5.74, 6) is 0.403. The Morgan fingerprint density at radius 1 is 1.03 bits per heavy atom. The van der Waals surface area contributed by atoms with E-state index in [2.05, 4.69) is 109 Å². The molecule has 2 aromatic rings. The summed E-state index contributed by atoms with van der Waals surface area (Å²) < 4.78 is 12.1. The van der Waals surface area contributed by atoms with Crippen molar-refractivity contribution in [2.24, 2.45) is 22.7 Å². The summed E-state index contributed by atoms with van der Waals surface area (Å²) >= 11 is 0. The largest absolute Gasteiger partial charge is 0.466 e. The van der Waals surface area contributed by atoms with Crippen molar-refractivity contribution in [2.75, 3.05) is 13.7 Å². The maximum atomic E-state index is 11.7. The monoisotopic (exact) mass is 492 g/mol. The molecule has 0 N–H and O–H groups in total. The molecular weight excluding hydrogens is 448 g/mol. The zero-order chi connectivity index (χ0) is 25.9. The SMILES string of the molecule is COC(=O)/C=C/[C@H](C)[C@@]1(C)CC[C@@H](CO[Si](c2ccccc2)(c2ccccc2)C(C)(C)C)C1(C)C. The number of carbonyl (C=O) groups is 1. The molecule has 1 aliphatic rings. The molecule has 1 fully saturated rings. The summed E-state index contributed by atoms with van der Waals surface area (Å²) in [6, 6.07) is 21.8. The summed E-state index contributed by atoms with van der Waals surface area (Å²) in [5, 5.41) is 2.62. The first-order valence-corrected chi connectivity index (χ1v) is 14.8. The van der Waals surface area contributed by atoms with Crippen molar-refractivity contribution in [1.29, 1.82) is 0 Å². The van der Waals surface area contributed by atoms with Crippen LogP contribution in [0.15, 0.2) is 72.8 Å². The van der Waals surface area contributed by atoms with Crippen LogP contribution >= 0.6 is 0 Å². The molecule has 0 bridgehead atoms. The molecule has 0 aliphatic heterocycles. The quantitative estimate of drug-likeness (QED) is 0.244. The molecule has 35 heavy (non-hydrogen) atoms. The van der Waals surface area contributed by atoms with E-state index in [-0.39, 0.29) is 27.8 Å². The van der Waals surface area contributed by atoms with Crippen molar-refractivity contribution in [3.05, 3.63) is 72.8 Å². The second-order valence-corrected chi connectivity index (χ2v) is 16.3. The van der Waals surface area contributed by atoms with Gasteiger partial charge in [0.15, 0.2) is 0 Å². The first-order valence-electron chi connectivity index (χ1n) is 12.9. The number of hydrogen-bond donors (Lipinski definition) is 0. The molecule has 0 unspecified atom stereocenters. The van der Waals surface area contributed by atoms with Crippen molar-refractivity contribution in [2.45, 2.75) is 66.3 Å². The lowest BCUT2D eigenvalue weighted by molar-refractivity contribution is -0.134. The minimum Gasteiger partial charge on any atom is -0.466 e. The summed E-state index contributed by atoms with van der Waals surface area (Å²) in [7, 11) is -1.14. The lowest BCUT2D eigenvalue weighted by Crippen LogP contribution is -2.67. The van der Waals surface area contributed by atoms with Crippen molar-refractivity contribution < 1.29 is 14.0 Å². The highest BCUT2D eigenvalue weighted by Gasteiger charge is 2.55. The van der Waals surface area contributed by atoms with Gasteiger partial charge in [-0.25, -0.2) is 4.79 Å². The Bertz CT molecular complexity index is 967. The zero-order valence-corrected chi connectivity index (χ0v) is 23.9. The highest BCUT2D eigenvalue weighted by Crippen LogP contribution is 2.60. The molecule has 0 radical (unpaired) electrons. The van der Waals surface area contributed by atoms with Crippen molar-refractivity contribution in [1.82, 2.24) is 0 Å². The van der Waals surface area contributed by atoms with Crippen LogP contribution in [0.4, 0.5) is 0 Å². The van der Waals surface area contributed by atoms with Gasteiger partial charge >= 0.3 is 5.97 Å². The average molecular weight is 493 g/mol. The predicted octanol–water partition coefficient (Wildman–Crippen LogP) is 6.37. The van der Waals surface area contributed by atoms with Gasteiger partial charge < -0.3 is 9.16 Å². The molecule has 4 heteroatoms. The lowest BCUT2D eigenvalue weighted by Gasteiger charge is -2.47. The zero-order valence-electron chi connectivity index (χ0n) is 22.9. The van der Waals surface area contributed by atoms with Gasteiger partial charge in [0.1, 0.15) is 0 Å². The first kappa shape index (κ1) is 27.4. The van der Waals surface area contributed by atoms with Crippen LogP contribution in [0, 0.1) is 22.7 Å². The molecular formula is C31H44O3Si. The molecule has 3 nitrogen and oxygen atoms in total. The first-order chi connectivity index (χ1) is 16.4. The number of ether oxygens (including phenoxy) is 1. The van der Waals surface area contributed by atoms with Gasteiger partial charge in [-0.1, -0.05) is 115 Å². The Morgan fingerprint density at radius 3 is 2.00 bits per heavy atom. The summed E-state index contributed by atoms with van der Waals surface area (Å²) in [6.45, 7) is 17.1. The highest BCUT2D eigenvalue weighted by atomic mass is 28.4. The molecule has 0 saturated heterocycles. The molecule has 190 valence electrons. The molecule has 3 rings (SSSR count). The summed E-state index contributed by atoms with van der Waals surface area (Å²) in [6.07, 6.45) is 5.84. The Labute approximate surface area is 214 Å². The third kappa shape index (κ3) is 5.06. The molecule has 3 atom stereocenters. The van der Waals surface area contributed by atoms with E-state index in [4.69, 9.17) is 9.16 Å². The normalized spacial score (nSPS) is 23.4. The van der Waals surface area contributed by atoms with Crippen LogP contribution in [-0.2, 0) is 14.0 Å². The van der Waals surface area contributed by atoms with Gasteiger partial charge in [-0.3, -0.25) is 0 Å². The van der Waals surface area contributed by atoms with Crippen molar-refractivity contribution in [3.63, 3.8) is 0 Å². The second-order valence-electron chi connectivity index (χ2n) is 12.0. The molecule has 0 amide bonds. The Morgan fingerprint density at radius 2 is 1.54 bits per heavy atom. The molecule has 1 aliphatic carbocycles. The Hall–Kier alpha value is -2.17. The van der Waals surface area contributed by atoms with Crippen molar-refractivity contribution >= 4 is 24.7 Å². The van der Waals surface area contributed by atoms with Crippen LogP contribution in [0.5, 0.6) is 0 Å². The number of esters is 1. The predicted molar refractivity (Wildman–Crippen MR) is 149 cm³/mol. The lowest BCUT2D eigenvalue weighted by atomic mass is 9.60. The maximum absolute atomic E-state index is 11.7. The second kappa shape index (κ2) is 10.4. The fraction of sp³-hybridized carbons (Fsp3) is 0.516. The van der Waals surface area contributed by atoms with Crippen LogP contribution in [0.25, 0.3) is 0 Å². The average Bonchev–Trinajstić information content (AvgIpc) is 3.07. The molecule has 0 spiro atoms. The van der Waals surface area contributed by atoms with E-state index in [1.807, 2.05) is 6.08 Å². The molecule has 1 saturated carbocycles. The van der Waals surface area contributed by atoms with Crippen molar-refractivity contribution in [3.8, 4) is 0 Å². The van der Waals surface area contributed by atoms with E-state index >= 15 is 0 Å². The Balaban J connectivity index is 1.95. The van der Waals surface area contributed by atoms with E-state index < -0.39 is 8.32 Å². The van der Waals surface area contributed by atoms with E-state index in [0.717, 1.165) is 19.4 Å². The van der Waals surface area contributed by atoms with Gasteiger partial charge in [-0.2, -0.15) is 0 Å². The van der Waals surface area contributed by atoms with Gasteiger partial charge in [0, 0.05) is 12.7 Å². The van der Waals surface area contributed by atoms with Gasteiger partial charge in [0.2, 0.25) is 0 Å². The third-order valence-electron chi connectivity index (χ3n) is 9.15. The topological polar surface area (TPSA) is 35.5 Å². The summed E-state index contributed by atoms with van der Waals surface area (Å²) in [4.78, 5) is 11.7. The van der Waals surface area contributed by atoms with E-state index in [0.29, 0.717) is 5.92 Å². The number of rotatable bonds is 8. The maximum Gasteiger partial charge on any atom is 0.330 e. The van der Waals surface area contributed by atoms with Gasteiger partial charge in [-0.15, -0.1) is 0 Å². The van der Waals surface area contributed by atoms with E-state index in [1.54, 1.807) is 6.08 Å². The fourth-order valence-electron chi connectivity index (χ4n) is 6.22. The standard InChI is InChI=1S/C31H44O3Si/c1-24(19-20-28(32)33-8)31(7)22-21-25(30(31,5)6)23-34-35(29(2,3)4,26-15-11-9-12-16-26)27-17-13-10-14-18-27/h9-20,24-25H,21-23H2,1-8H3/b20-19+/t24-,25-,31+/m0/s1. The minimum absolute atomic E-state index is 0.0295. The minimum atomic E-state index is -2.56. The number of hydrogen-bond acceptors (Lipinski definition) is 3. The number of methoxy groups -OCH3 is 1. The molecule has 0 heterocycles. The van der Waals surface area contributed by atoms with Crippen LogP contribution in [0.3, 0.4) is 0 Å². The van der Waals surface area contributed by atoms with Crippen LogP contribution in [0.1, 0.15) is 61.3 Å². The Kier molecular flexibility index (Phi) is 8.18. The molecule has 0 aromatic heterocycles.